The molecule has 0 radical (unpaired) electrons. The number of amides is 5. The Kier molecular flexibility index (Phi) is 20.0. The number of ether oxygens (including phenoxy) is 9. The van der Waals surface area contributed by atoms with E-state index >= 15 is 0 Å². The number of epoxide rings is 1. The van der Waals surface area contributed by atoms with Crippen LogP contribution in [-0.4, -0.2) is 179 Å². The molecule has 0 aliphatic carbocycles. The van der Waals surface area contributed by atoms with Gasteiger partial charge in [0, 0.05) is 47.0 Å². The van der Waals surface area contributed by atoms with Crippen LogP contribution in [0.1, 0.15) is 65.9 Å². The number of hydrogen-bond donors (Lipinski definition) is 3. The summed E-state index contributed by atoms with van der Waals surface area (Å²) in [4.78, 5) is 96.9. The molecule has 4 aliphatic heterocycles. The summed E-state index contributed by atoms with van der Waals surface area (Å²) in [7, 11) is 7.13. The first-order valence-corrected chi connectivity index (χ1v) is 24.0. The van der Waals surface area contributed by atoms with Gasteiger partial charge in [-0.2, -0.15) is 0 Å². The predicted octanol–water partition coefficient (Wildman–Crippen LogP) is 3.98. The molecule has 1 aromatic rings. The molecule has 0 saturated carbocycles. The van der Waals surface area contributed by atoms with Gasteiger partial charge in [0.15, 0.2) is 11.5 Å². The Morgan fingerprint density at radius 3 is 2.53 bits per heavy atom. The maximum absolute atomic E-state index is 14.3. The quantitative estimate of drug-likeness (QED) is 0.103. The Bertz CT molecular complexity index is 2260. The van der Waals surface area contributed by atoms with Crippen molar-refractivity contribution in [3.8, 4) is 5.75 Å². The third-order valence-corrected chi connectivity index (χ3v) is 13.5. The summed E-state index contributed by atoms with van der Waals surface area (Å²) in [6.07, 6.45) is 0.592. The number of halogens is 1. The molecule has 0 spiro atoms. The van der Waals surface area contributed by atoms with Gasteiger partial charge >= 0.3 is 24.2 Å². The predicted molar refractivity (Wildman–Crippen MR) is 258 cm³/mol. The summed E-state index contributed by atoms with van der Waals surface area (Å²) in [6.45, 7) is 7.97. The number of Topliss-reactive ketones (excluding diaryl/α,β-unsaturated/α-hetero) is 1. The molecule has 2 saturated heterocycles. The van der Waals surface area contributed by atoms with Crippen LogP contribution < -0.4 is 20.3 Å². The SMILES string of the molecule is CCC(=O)C(CN(C)C(=O)OC1/C=C/COCOC1)NC(=O)OCCC(=O)N(C)[C@@H](C)C(=O)O[C@H]1CC(=O)N(C)c2cc(cc(OC)c2Cl)C/C(C)=C/C=C/[C@@H](OC)[C@@]2(O)C[C@H](OC(=O)N2)[C@@H](C)[C@@H]2O[C@@]12C. The van der Waals surface area contributed by atoms with Crippen molar-refractivity contribution in [2.45, 2.75) is 121 Å². The number of nitrogens with one attached hydrogen (secondary N) is 2. The molecule has 3 N–H and O–H groups in total. The molecule has 4 heterocycles. The van der Waals surface area contributed by atoms with Crippen LogP contribution >= 0.6 is 11.6 Å². The van der Waals surface area contributed by atoms with Crippen LogP contribution in [0.15, 0.2) is 48.1 Å². The van der Waals surface area contributed by atoms with E-state index in [2.05, 4.69) is 10.6 Å². The number of likely N-dealkylation sites (N-methyl/N-ethyl adjacent to an activating group) is 2. The van der Waals surface area contributed by atoms with Crippen LogP contribution in [0, 0.1) is 5.92 Å². The van der Waals surface area contributed by atoms with Gasteiger partial charge in [-0.25, -0.2) is 19.2 Å². The van der Waals surface area contributed by atoms with E-state index in [4.69, 9.17) is 54.2 Å². The number of aliphatic hydroxyl groups is 1. The highest BCUT2D eigenvalue weighted by molar-refractivity contribution is 6.35. The number of methoxy groups -OCH3 is 2. The Morgan fingerprint density at radius 1 is 1.10 bits per heavy atom. The van der Waals surface area contributed by atoms with Crippen molar-refractivity contribution in [1.29, 1.82) is 0 Å². The van der Waals surface area contributed by atoms with E-state index < -0.39 is 115 Å². The Hall–Kier alpha value is -5.78. The first-order chi connectivity index (χ1) is 34.0. The molecule has 4 bridgehead atoms. The van der Waals surface area contributed by atoms with Gasteiger partial charge in [-0.3, -0.25) is 19.7 Å². The number of hydrogen-bond acceptors (Lipinski definition) is 17. The second-order valence-corrected chi connectivity index (χ2v) is 18.8. The summed E-state index contributed by atoms with van der Waals surface area (Å²) in [5.74, 6) is -2.75. The maximum Gasteiger partial charge on any atom is 0.410 e. The zero-order valence-electron chi connectivity index (χ0n) is 42.4. The highest BCUT2D eigenvalue weighted by Gasteiger charge is 2.64. The molecule has 23 heteroatoms. The molecule has 1 aromatic carbocycles. The molecule has 72 heavy (non-hydrogen) atoms. The highest BCUT2D eigenvalue weighted by Crippen LogP contribution is 2.49. The molecule has 5 amide bonds. The Morgan fingerprint density at radius 2 is 1.83 bits per heavy atom. The van der Waals surface area contributed by atoms with E-state index in [-0.39, 0.29) is 50.8 Å². The van der Waals surface area contributed by atoms with Gasteiger partial charge in [0.2, 0.25) is 11.8 Å². The van der Waals surface area contributed by atoms with E-state index in [1.165, 1.54) is 47.2 Å². The highest BCUT2D eigenvalue weighted by atomic mass is 35.5. The number of rotatable bonds is 14. The lowest BCUT2D eigenvalue weighted by molar-refractivity contribution is -0.162. The van der Waals surface area contributed by atoms with Gasteiger partial charge in [0.1, 0.15) is 66.3 Å². The van der Waals surface area contributed by atoms with Crippen molar-refractivity contribution in [1.82, 2.24) is 20.4 Å². The van der Waals surface area contributed by atoms with Crippen LogP contribution in [-0.2, 0) is 63.5 Å². The fraction of sp³-hybridized carbons (Fsp3) is 0.612. The average molecular weight is 1030 g/mol. The fourth-order valence-electron chi connectivity index (χ4n) is 8.53. The second-order valence-electron chi connectivity index (χ2n) is 18.4. The Labute approximate surface area is 424 Å². The van der Waals surface area contributed by atoms with Crippen LogP contribution in [0.2, 0.25) is 5.02 Å². The standard InChI is InChI=1S/C49H68ClN5O17/c1-11-35(56)33(25-53(6)47(62)69-32-15-13-18-66-27-67-26-32)51-45(60)68-19-17-40(57)54(7)30(4)44(59)71-39-23-41(58)55(8)34-21-31(22-36(64-9)42(34)50)20-28(2)14-12-16-38(65-10)49(63)24-37(70-46(61)52-49)29(3)43-48(39,5)72-43/h12-16,21-22,29-30,32-33,37-39,43,63H,11,17-20,23-27H2,1-10H3,(H,51,60)(H,52,61)/b15-13+,16-12+,28-14+/t29-,30+,32?,33?,37+,38-,39+,43+,48+,49+/m1/s1. The minimum atomic E-state index is -1.90. The minimum Gasteiger partial charge on any atom is -0.495 e. The number of nitrogens with zero attached hydrogens (tertiary/aromatic N) is 3. The molecule has 2 fully saturated rings. The zero-order chi connectivity index (χ0) is 53.1. The lowest BCUT2D eigenvalue weighted by atomic mass is 9.83. The first kappa shape index (κ1) is 57.1. The Balaban J connectivity index is 1.28. The number of fused-ring (bicyclic) bond motifs is 5. The lowest BCUT2D eigenvalue weighted by Crippen LogP contribution is -2.63. The number of alkyl carbamates (subject to hydrolysis) is 2. The second kappa shape index (κ2) is 25.2. The number of esters is 1. The summed E-state index contributed by atoms with van der Waals surface area (Å²) < 4.78 is 50.4. The van der Waals surface area contributed by atoms with Crippen molar-refractivity contribution in [3.63, 3.8) is 0 Å². The van der Waals surface area contributed by atoms with E-state index in [9.17, 15) is 38.7 Å². The fourth-order valence-corrected chi connectivity index (χ4v) is 8.84. The number of benzene rings is 1. The summed E-state index contributed by atoms with van der Waals surface area (Å²) in [5.41, 5.74) is -1.29. The van der Waals surface area contributed by atoms with Crippen LogP contribution in [0.3, 0.4) is 0 Å². The number of carbonyl (C=O) groups excluding carboxylic acids is 7. The minimum absolute atomic E-state index is 0.0292. The van der Waals surface area contributed by atoms with Gasteiger partial charge < -0.3 is 67.8 Å². The third-order valence-electron chi connectivity index (χ3n) is 13.1. The first-order valence-electron chi connectivity index (χ1n) is 23.6. The zero-order valence-corrected chi connectivity index (χ0v) is 43.2. The molecule has 10 atom stereocenters. The average Bonchev–Trinajstić information content (AvgIpc) is 4.03. The molecule has 0 aromatic heterocycles. The lowest BCUT2D eigenvalue weighted by Gasteiger charge is -2.42. The van der Waals surface area contributed by atoms with Gasteiger partial charge in [-0.1, -0.05) is 55.3 Å². The van der Waals surface area contributed by atoms with Gasteiger partial charge in [0.05, 0.1) is 51.5 Å². The van der Waals surface area contributed by atoms with Crippen molar-refractivity contribution < 1.29 is 81.3 Å². The van der Waals surface area contributed by atoms with Crippen molar-refractivity contribution in [2.75, 3.05) is 73.4 Å². The topological polar surface area (TPSA) is 260 Å². The van der Waals surface area contributed by atoms with Gasteiger partial charge in [0.25, 0.3) is 0 Å². The molecular formula is C49H68ClN5O17. The number of allylic oxidation sites excluding steroid dienone is 3. The van der Waals surface area contributed by atoms with E-state index in [0.29, 0.717) is 17.9 Å². The van der Waals surface area contributed by atoms with Crippen molar-refractivity contribution in [2.24, 2.45) is 5.92 Å². The summed E-state index contributed by atoms with van der Waals surface area (Å²) in [6, 6.07) is 1.10. The number of ketones is 1. The number of carbonyl (C=O) groups is 7. The van der Waals surface area contributed by atoms with Gasteiger partial charge in [-0.15, -0.1) is 0 Å². The molecule has 22 nitrogen and oxygen atoms in total. The molecule has 2 unspecified atom stereocenters. The molecular weight excluding hydrogens is 966 g/mol. The molecule has 4 aliphatic rings. The van der Waals surface area contributed by atoms with Crippen LogP contribution in [0.25, 0.3) is 0 Å². The largest absolute Gasteiger partial charge is 0.495 e. The smallest absolute Gasteiger partial charge is 0.410 e. The van der Waals surface area contributed by atoms with Crippen molar-refractivity contribution in [3.05, 3.63) is 58.7 Å². The summed E-state index contributed by atoms with van der Waals surface area (Å²) in [5, 5.41) is 16.9. The van der Waals surface area contributed by atoms with Crippen LogP contribution in [0.5, 0.6) is 5.75 Å². The van der Waals surface area contributed by atoms with E-state index in [1.54, 1.807) is 57.2 Å². The molecule has 5 rings (SSSR count). The third kappa shape index (κ3) is 14.5. The maximum atomic E-state index is 14.3. The number of anilines is 1. The van der Waals surface area contributed by atoms with Crippen LogP contribution in [0.4, 0.5) is 20.1 Å². The normalized spacial score (nSPS) is 29.1. The van der Waals surface area contributed by atoms with E-state index in [1.807, 2.05) is 13.0 Å². The molecule has 398 valence electrons. The van der Waals surface area contributed by atoms with Crippen molar-refractivity contribution >= 4 is 59.1 Å². The van der Waals surface area contributed by atoms with Gasteiger partial charge in [-0.05, 0) is 51.0 Å². The monoisotopic (exact) mass is 1030 g/mol. The van der Waals surface area contributed by atoms with E-state index in [0.717, 1.165) is 20.9 Å². The summed E-state index contributed by atoms with van der Waals surface area (Å²) >= 11 is 6.80.